The normalized spacial score (nSPS) is 11.6. The van der Waals surface area contributed by atoms with Gasteiger partial charge in [0.25, 0.3) is 0 Å². The third kappa shape index (κ3) is 22.0. The average Bonchev–Trinajstić information content (AvgIpc) is 2.80. The van der Waals surface area contributed by atoms with Gasteiger partial charge in [-0.15, -0.1) is 0 Å². The van der Waals surface area contributed by atoms with Crippen LogP contribution in [0.4, 0.5) is 5.69 Å². The SMILES string of the molecule is CCCCCCCCCCCCCCC(O)CCC(=O)O.CCCCCc1ccccc1N. The van der Waals surface area contributed by atoms with Crippen LogP contribution in [0.15, 0.2) is 24.3 Å². The Morgan fingerprint density at radius 2 is 1.24 bits per heavy atom. The van der Waals surface area contributed by atoms with Gasteiger partial charge in [-0.25, -0.2) is 0 Å². The summed E-state index contributed by atoms with van der Waals surface area (Å²) in [6.45, 7) is 4.47. The first kappa shape index (κ1) is 31.4. The Hall–Kier alpha value is -1.55. The summed E-state index contributed by atoms with van der Waals surface area (Å²) in [5, 5.41) is 18.1. The smallest absolute Gasteiger partial charge is 0.303 e. The average molecular weight is 464 g/mol. The number of hydrogen-bond donors (Lipinski definition) is 3. The van der Waals surface area contributed by atoms with Gasteiger partial charge in [0, 0.05) is 12.1 Å². The number of carbonyl (C=O) groups is 1. The zero-order valence-corrected chi connectivity index (χ0v) is 21.7. The highest BCUT2D eigenvalue weighted by molar-refractivity contribution is 5.66. The molecule has 4 heteroatoms. The molecule has 0 aliphatic heterocycles. The third-order valence-electron chi connectivity index (χ3n) is 6.19. The van der Waals surface area contributed by atoms with Crippen molar-refractivity contribution in [1.82, 2.24) is 0 Å². The summed E-state index contributed by atoms with van der Waals surface area (Å²) in [6, 6.07) is 8.13. The van der Waals surface area contributed by atoms with Crippen molar-refractivity contribution < 1.29 is 15.0 Å². The van der Waals surface area contributed by atoms with Crippen molar-refractivity contribution in [2.45, 2.75) is 142 Å². The number of aliphatic hydroxyl groups is 1. The van der Waals surface area contributed by atoms with Gasteiger partial charge in [0.05, 0.1) is 6.10 Å². The molecule has 1 unspecified atom stereocenters. The maximum atomic E-state index is 10.4. The van der Waals surface area contributed by atoms with Gasteiger partial charge in [-0.05, 0) is 37.3 Å². The number of nitrogen functional groups attached to an aromatic ring is 1. The molecule has 0 bridgehead atoms. The summed E-state index contributed by atoms with van der Waals surface area (Å²) in [5.74, 6) is -0.816. The first-order valence-electron chi connectivity index (χ1n) is 13.7. The van der Waals surface area contributed by atoms with Crippen LogP contribution in [-0.4, -0.2) is 22.3 Å². The number of hydrogen-bond acceptors (Lipinski definition) is 3. The monoisotopic (exact) mass is 463 g/mol. The topological polar surface area (TPSA) is 83.5 Å². The number of aliphatic hydroxyl groups excluding tert-OH is 1. The van der Waals surface area contributed by atoms with E-state index in [2.05, 4.69) is 26.0 Å². The fraction of sp³-hybridized carbons (Fsp3) is 0.759. The fourth-order valence-corrected chi connectivity index (χ4v) is 3.98. The molecule has 0 spiro atoms. The molecular formula is C29H53NO3. The lowest BCUT2D eigenvalue weighted by molar-refractivity contribution is -0.137. The van der Waals surface area contributed by atoms with E-state index in [1.54, 1.807) is 0 Å². The van der Waals surface area contributed by atoms with Crippen molar-refractivity contribution in [3.63, 3.8) is 0 Å². The Labute approximate surface area is 204 Å². The van der Waals surface area contributed by atoms with E-state index in [-0.39, 0.29) is 6.42 Å². The molecule has 33 heavy (non-hydrogen) atoms. The Kier molecular flexibility index (Phi) is 22.5. The molecular weight excluding hydrogens is 410 g/mol. The standard InChI is InChI=1S/C18H36O3.C11H17N/c1-2-3-4-5-6-7-8-9-10-11-12-13-14-17(19)15-16-18(20)21;1-2-3-4-7-10-8-5-6-9-11(10)12/h17,19H,2-16H2,1H3,(H,20,21);5-6,8-9H,2-4,7,12H2,1H3. The number of aliphatic carboxylic acids is 1. The van der Waals surface area contributed by atoms with Gasteiger partial charge in [0.15, 0.2) is 0 Å². The van der Waals surface area contributed by atoms with Crippen LogP contribution in [-0.2, 0) is 11.2 Å². The van der Waals surface area contributed by atoms with Gasteiger partial charge in [0.2, 0.25) is 0 Å². The van der Waals surface area contributed by atoms with Crippen LogP contribution >= 0.6 is 0 Å². The van der Waals surface area contributed by atoms with Crippen molar-refractivity contribution in [1.29, 1.82) is 0 Å². The number of carboxylic acid groups (broad SMARTS) is 1. The minimum atomic E-state index is -0.816. The molecule has 4 nitrogen and oxygen atoms in total. The van der Waals surface area contributed by atoms with E-state index >= 15 is 0 Å². The van der Waals surface area contributed by atoms with Gasteiger partial charge in [-0.1, -0.05) is 122 Å². The second kappa shape index (κ2) is 23.6. The molecule has 0 aromatic heterocycles. The minimum absolute atomic E-state index is 0.0828. The molecule has 4 N–H and O–H groups in total. The highest BCUT2D eigenvalue weighted by Gasteiger charge is 2.06. The van der Waals surface area contributed by atoms with Crippen molar-refractivity contribution in [3.05, 3.63) is 29.8 Å². The van der Waals surface area contributed by atoms with Crippen LogP contribution in [0.3, 0.4) is 0 Å². The first-order chi connectivity index (χ1) is 16.0. The van der Waals surface area contributed by atoms with Crippen molar-refractivity contribution >= 4 is 11.7 Å². The Morgan fingerprint density at radius 1 is 0.758 bits per heavy atom. The molecule has 1 aromatic rings. The van der Waals surface area contributed by atoms with Crippen molar-refractivity contribution in [2.24, 2.45) is 0 Å². The molecule has 0 fully saturated rings. The van der Waals surface area contributed by atoms with Gasteiger partial charge >= 0.3 is 5.97 Å². The van der Waals surface area contributed by atoms with E-state index in [1.807, 2.05) is 12.1 Å². The van der Waals surface area contributed by atoms with Crippen LogP contribution in [0.5, 0.6) is 0 Å². The summed E-state index contributed by atoms with van der Waals surface area (Å²) >= 11 is 0. The first-order valence-corrected chi connectivity index (χ1v) is 13.7. The molecule has 1 aromatic carbocycles. The summed E-state index contributed by atoms with van der Waals surface area (Å²) in [6.07, 6.45) is 21.5. The number of carboxylic acids is 1. The van der Waals surface area contributed by atoms with Gasteiger partial charge < -0.3 is 15.9 Å². The van der Waals surface area contributed by atoms with Crippen LogP contribution in [0.1, 0.15) is 135 Å². The summed E-state index contributed by atoms with van der Waals surface area (Å²) in [5.41, 5.74) is 8.04. The molecule has 192 valence electrons. The molecule has 1 rings (SSSR count). The maximum Gasteiger partial charge on any atom is 0.303 e. The van der Waals surface area contributed by atoms with Crippen molar-refractivity contribution in [3.8, 4) is 0 Å². The Balaban J connectivity index is 0.000000716. The molecule has 0 heterocycles. The molecule has 0 aliphatic rings. The van der Waals surface area contributed by atoms with E-state index in [9.17, 15) is 9.90 Å². The largest absolute Gasteiger partial charge is 0.481 e. The van der Waals surface area contributed by atoms with Gasteiger partial charge in [0.1, 0.15) is 0 Å². The van der Waals surface area contributed by atoms with Crippen LogP contribution in [0, 0.1) is 0 Å². The Morgan fingerprint density at radius 3 is 1.76 bits per heavy atom. The quantitative estimate of drug-likeness (QED) is 0.134. The van der Waals surface area contributed by atoms with Gasteiger partial charge in [-0.3, -0.25) is 4.79 Å². The predicted molar refractivity (Wildman–Crippen MR) is 143 cm³/mol. The number of rotatable bonds is 20. The molecule has 0 amide bonds. The zero-order chi connectivity index (χ0) is 24.6. The summed E-state index contributed by atoms with van der Waals surface area (Å²) < 4.78 is 0. The molecule has 0 aliphatic carbocycles. The van der Waals surface area contributed by atoms with Crippen LogP contribution in [0.25, 0.3) is 0 Å². The molecule has 0 saturated heterocycles. The lowest BCUT2D eigenvalue weighted by Crippen LogP contribution is -2.09. The lowest BCUT2D eigenvalue weighted by atomic mass is 10.0. The van der Waals surface area contributed by atoms with E-state index < -0.39 is 12.1 Å². The summed E-state index contributed by atoms with van der Waals surface area (Å²) in [4.78, 5) is 10.4. The van der Waals surface area contributed by atoms with Crippen LogP contribution < -0.4 is 5.73 Å². The molecule has 0 radical (unpaired) electrons. The molecule has 0 saturated carbocycles. The van der Waals surface area contributed by atoms with Crippen molar-refractivity contribution in [2.75, 3.05) is 5.73 Å². The minimum Gasteiger partial charge on any atom is -0.481 e. The third-order valence-corrected chi connectivity index (χ3v) is 6.19. The number of anilines is 1. The van der Waals surface area contributed by atoms with Gasteiger partial charge in [-0.2, -0.15) is 0 Å². The number of para-hydroxylation sites is 1. The highest BCUT2D eigenvalue weighted by atomic mass is 16.4. The zero-order valence-electron chi connectivity index (χ0n) is 21.7. The van der Waals surface area contributed by atoms with E-state index in [0.29, 0.717) is 6.42 Å². The number of benzene rings is 1. The second-order valence-electron chi connectivity index (χ2n) is 9.42. The predicted octanol–water partition coefficient (Wildman–Crippen LogP) is 8.30. The number of unbranched alkanes of at least 4 members (excludes halogenated alkanes) is 13. The summed E-state index contributed by atoms with van der Waals surface area (Å²) in [7, 11) is 0. The number of aryl methyl sites for hydroxylation is 1. The Bertz CT molecular complexity index is 562. The second-order valence-corrected chi connectivity index (χ2v) is 9.42. The molecule has 1 atom stereocenters. The maximum absolute atomic E-state index is 10.4. The number of nitrogens with two attached hydrogens (primary N) is 1. The fourth-order valence-electron chi connectivity index (χ4n) is 3.98. The van der Waals surface area contributed by atoms with E-state index in [0.717, 1.165) is 24.9 Å². The van der Waals surface area contributed by atoms with E-state index in [4.69, 9.17) is 10.8 Å². The highest BCUT2D eigenvalue weighted by Crippen LogP contribution is 2.15. The van der Waals surface area contributed by atoms with E-state index in [1.165, 1.54) is 95.5 Å². The lowest BCUT2D eigenvalue weighted by Gasteiger charge is -2.08. The van der Waals surface area contributed by atoms with Crippen LogP contribution in [0.2, 0.25) is 0 Å².